The minimum absolute atomic E-state index is 0.00326. The van der Waals surface area contributed by atoms with E-state index in [0.717, 1.165) is 18.3 Å². The number of aliphatic hydroxyl groups excluding tert-OH is 1. The Morgan fingerprint density at radius 3 is 2.35 bits per heavy atom. The second-order valence-electron chi connectivity index (χ2n) is 6.81. The van der Waals surface area contributed by atoms with Crippen molar-refractivity contribution in [3.05, 3.63) is 0 Å². The molecule has 0 heterocycles. The Kier molecular flexibility index (Phi) is 4.18. The normalized spacial score (nSPS) is 38.8. The maximum atomic E-state index is 10.4. The zero-order chi connectivity index (χ0) is 12.5. The van der Waals surface area contributed by atoms with Gasteiger partial charge in [-0.15, -0.1) is 0 Å². The van der Waals surface area contributed by atoms with Gasteiger partial charge in [0.05, 0.1) is 6.10 Å². The standard InChI is InChI=1S/C16H30O/c1-4-16(3,5-2)13-10-12-8-6-7-9-14(12)15(17)11-13/h12-15,17H,4-11H2,1-3H3. The summed E-state index contributed by atoms with van der Waals surface area (Å²) in [4.78, 5) is 0. The molecule has 100 valence electrons. The van der Waals surface area contributed by atoms with Crippen molar-refractivity contribution in [3.8, 4) is 0 Å². The highest BCUT2D eigenvalue weighted by Gasteiger charge is 2.43. The van der Waals surface area contributed by atoms with Crippen LogP contribution in [0.1, 0.15) is 72.1 Å². The fourth-order valence-corrected chi connectivity index (χ4v) is 4.36. The molecule has 0 radical (unpaired) electrons. The first-order chi connectivity index (χ1) is 8.10. The third-order valence-electron chi connectivity index (χ3n) is 6.18. The maximum absolute atomic E-state index is 10.4. The van der Waals surface area contributed by atoms with Gasteiger partial charge in [0.1, 0.15) is 0 Å². The maximum Gasteiger partial charge on any atom is 0.0573 e. The lowest BCUT2D eigenvalue weighted by Crippen LogP contribution is -2.43. The van der Waals surface area contributed by atoms with Gasteiger partial charge in [-0.3, -0.25) is 0 Å². The molecule has 2 aliphatic rings. The van der Waals surface area contributed by atoms with Crippen molar-refractivity contribution in [3.63, 3.8) is 0 Å². The summed E-state index contributed by atoms with van der Waals surface area (Å²) in [6.45, 7) is 7.08. The van der Waals surface area contributed by atoms with Crippen molar-refractivity contribution in [2.24, 2.45) is 23.2 Å². The zero-order valence-corrected chi connectivity index (χ0v) is 11.9. The van der Waals surface area contributed by atoms with Crippen LogP contribution in [0.15, 0.2) is 0 Å². The summed E-state index contributed by atoms with van der Waals surface area (Å²) in [5.41, 5.74) is 0.462. The molecule has 0 saturated heterocycles. The first kappa shape index (κ1) is 13.4. The predicted octanol–water partition coefficient (Wildman–Crippen LogP) is 4.39. The molecule has 1 N–H and O–H groups in total. The molecular weight excluding hydrogens is 208 g/mol. The van der Waals surface area contributed by atoms with E-state index in [9.17, 15) is 5.11 Å². The SMILES string of the molecule is CCC(C)(CC)C1CC(O)C2CCCCC2C1. The summed E-state index contributed by atoms with van der Waals surface area (Å²) in [5, 5.41) is 10.4. The summed E-state index contributed by atoms with van der Waals surface area (Å²) < 4.78 is 0. The van der Waals surface area contributed by atoms with Crippen LogP contribution in [-0.2, 0) is 0 Å². The largest absolute Gasteiger partial charge is 0.393 e. The number of fused-ring (bicyclic) bond motifs is 1. The summed E-state index contributed by atoms with van der Waals surface area (Å²) in [5.74, 6) is 2.22. The molecule has 0 aromatic rings. The zero-order valence-electron chi connectivity index (χ0n) is 11.9. The van der Waals surface area contributed by atoms with Crippen LogP contribution in [0.25, 0.3) is 0 Å². The molecule has 0 amide bonds. The van der Waals surface area contributed by atoms with Crippen molar-refractivity contribution in [2.45, 2.75) is 78.2 Å². The van der Waals surface area contributed by atoms with Gasteiger partial charge in [0.25, 0.3) is 0 Å². The van der Waals surface area contributed by atoms with Crippen LogP contribution in [-0.4, -0.2) is 11.2 Å². The van der Waals surface area contributed by atoms with Gasteiger partial charge in [0.15, 0.2) is 0 Å². The molecule has 2 saturated carbocycles. The van der Waals surface area contributed by atoms with Gasteiger partial charge in [-0.2, -0.15) is 0 Å². The number of hydrogen-bond acceptors (Lipinski definition) is 1. The average Bonchev–Trinajstić information content (AvgIpc) is 2.38. The van der Waals surface area contributed by atoms with Crippen LogP contribution >= 0.6 is 0 Å². The molecule has 0 aromatic carbocycles. The molecule has 2 aliphatic carbocycles. The van der Waals surface area contributed by atoms with Crippen LogP contribution in [0, 0.1) is 23.2 Å². The summed E-state index contributed by atoms with van der Waals surface area (Å²) in [6, 6.07) is 0. The third kappa shape index (κ3) is 2.54. The van der Waals surface area contributed by atoms with E-state index >= 15 is 0 Å². The lowest BCUT2D eigenvalue weighted by Gasteiger charge is -2.48. The van der Waals surface area contributed by atoms with Crippen LogP contribution in [0.2, 0.25) is 0 Å². The molecule has 17 heavy (non-hydrogen) atoms. The monoisotopic (exact) mass is 238 g/mol. The molecule has 0 bridgehead atoms. The lowest BCUT2D eigenvalue weighted by molar-refractivity contribution is -0.0480. The number of rotatable bonds is 3. The molecule has 1 nitrogen and oxygen atoms in total. The Hall–Kier alpha value is -0.0400. The van der Waals surface area contributed by atoms with E-state index in [1.165, 1.54) is 44.9 Å². The second kappa shape index (κ2) is 5.30. The molecular formula is C16H30O. The first-order valence-corrected chi connectivity index (χ1v) is 7.78. The van der Waals surface area contributed by atoms with Gasteiger partial charge in [0, 0.05) is 0 Å². The average molecular weight is 238 g/mol. The first-order valence-electron chi connectivity index (χ1n) is 7.78. The molecule has 0 spiro atoms. The van der Waals surface area contributed by atoms with Gasteiger partial charge >= 0.3 is 0 Å². The predicted molar refractivity (Wildman–Crippen MR) is 72.9 cm³/mol. The van der Waals surface area contributed by atoms with Crippen LogP contribution in [0.4, 0.5) is 0 Å². The van der Waals surface area contributed by atoms with E-state index in [1.54, 1.807) is 0 Å². The van der Waals surface area contributed by atoms with E-state index in [4.69, 9.17) is 0 Å². The molecule has 4 unspecified atom stereocenters. The van der Waals surface area contributed by atoms with Crippen LogP contribution in [0.3, 0.4) is 0 Å². The molecule has 2 fully saturated rings. The molecule has 2 rings (SSSR count). The fourth-order valence-electron chi connectivity index (χ4n) is 4.36. The minimum Gasteiger partial charge on any atom is -0.393 e. The molecule has 4 atom stereocenters. The summed E-state index contributed by atoms with van der Waals surface area (Å²) in [7, 11) is 0. The highest BCUT2D eigenvalue weighted by Crippen LogP contribution is 2.50. The van der Waals surface area contributed by atoms with Crippen molar-refractivity contribution < 1.29 is 5.11 Å². The van der Waals surface area contributed by atoms with Gasteiger partial charge < -0.3 is 5.11 Å². The van der Waals surface area contributed by atoms with Gasteiger partial charge in [0.2, 0.25) is 0 Å². The topological polar surface area (TPSA) is 20.2 Å². The van der Waals surface area contributed by atoms with Gasteiger partial charge in [-0.25, -0.2) is 0 Å². The van der Waals surface area contributed by atoms with Crippen LogP contribution in [0.5, 0.6) is 0 Å². The summed E-state index contributed by atoms with van der Waals surface area (Å²) in [6.07, 6.45) is 10.4. The molecule has 0 aromatic heterocycles. The summed E-state index contributed by atoms with van der Waals surface area (Å²) >= 11 is 0. The van der Waals surface area contributed by atoms with Gasteiger partial charge in [-0.05, 0) is 42.4 Å². The molecule has 1 heteroatoms. The second-order valence-corrected chi connectivity index (χ2v) is 6.81. The van der Waals surface area contributed by atoms with Crippen LogP contribution < -0.4 is 0 Å². The Balaban J connectivity index is 2.07. The van der Waals surface area contributed by atoms with Crippen molar-refractivity contribution >= 4 is 0 Å². The third-order valence-corrected chi connectivity index (χ3v) is 6.18. The van der Waals surface area contributed by atoms with E-state index in [2.05, 4.69) is 20.8 Å². The Morgan fingerprint density at radius 2 is 1.71 bits per heavy atom. The molecule has 0 aliphatic heterocycles. The van der Waals surface area contributed by atoms with Crippen molar-refractivity contribution in [2.75, 3.05) is 0 Å². The quantitative estimate of drug-likeness (QED) is 0.773. The number of aliphatic hydroxyl groups is 1. The van der Waals surface area contributed by atoms with E-state index < -0.39 is 0 Å². The van der Waals surface area contributed by atoms with Gasteiger partial charge in [-0.1, -0.05) is 52.9 Å². The van der Waals surface area contributed by atoms with E-state index in [1.807, 2.05) is 0 Å². The van der Waals surface area contributed by atoms with E-state index in [0.29, 0.717) is 11.3 Å². The highest BCUT2D eigenvalue weighted by molar-refractivity contribution is 4.93. The minimum atomic E-state index is -0.00326. The lowest BCUT2D eigenvalue weighted by atomic mass is 9.58. The Morgan fingerprint density at radius 1 is 1.06 bits per heavy atom. The van der Waals surface area contributed by atoms with E-state index in [-0.39, 0.29) is 6.10 Å². The Labute approximate surface area is 107 Å². The Bertz CT molecular complexity index is 244. The smallest absolute Gasteiger partial charge is 0.0573 e. The fraction of sp³-hybridized carbons (Fsp3) is 1.00. The van der Waals surface area contributed by atoms with Crippen molar-refractivity contribution in [1.82, 2.24) is 0 Å². The van der Waals surface area contributed by atoms with Crippen molar-refractivity contribution in [1.29, 1.82) is 0 Å². The highest BCUT2D eigenvalue weighted by atomic mass is 16.3. The number of hydrogen-bond donors (Lipinski definition) is 1.